The van der Waals surface area contributed by atoms with Gasteiger partial charge in [0, 0.05) is 77.6 Å². The Morgan fingerprint density at radius 2 is 0.792 bits per heavy atom. The van der Waals surface area contributed by atoms with E-state index < -0.39 is 0 Å². The molecule has 0 N–H and O–H groups in total. The number of thiophene rings is 1. The maximum absolute atomic E-state index is 6.36. The van der Waals surface area contributed by atoms with Crippen molar-refractivity contribution in [2.45, 2.75) is 0 Å². The van der Waals surface area contributed by atoms with E-state index in [2.05, 4.69) is 168 Å². The van der Waals surface area contributed by atoms with E-state index in [9.17, 15) is 0 Å². The molecular weight excluding hydrogens is 669 g/mol. The topological polar surface area (TPSA) is 32.8 Å². The zero-order valence-electron chi connectivity index (χ0n) is 28.4. The third kappa shape index (κ3) is 4.82. The first-order valence-corrected chi connectivity index (χ1v) is 18.6. The molecule has 53 heavy (non-hydrogen) atoms. The van der Waals surface area contributed by atoms with Gasteiger partial charge in [0.05, 0.1) is 10.4 Å². The number of fused-ring (bicyclic) bond motifs is 9. The van der Waals surface area contributed by atoms with Gasteiger partial charge in [0.2, 0.25) is 0 Å². The Hall–Kier alpha value is -6.82. The summed E-state index contributed by atoms with van der Waals surface area (Å²) in [5.41, 5.74) is 10.0. The molecule has 0 unspecified atom stereocenters. The molecule has 0 saturated carbocycles. The van der Waals surface area contributed by atoms with Crippen LogP contribution in [0.25, 0.3) is 64.0 Å². The number of rotatable bonds is 6. The fourth-order valence-corrected chi connectivity index (χ4v) is 9.06. The standard InChI is InChI=1S/C48H30N2O2S/c1-3-12-31(13-4-1)49(33-22-25-38-36-16-7-9-20-43(36)51-45(38)28-33)35-24-27-40-41-18-11-19-42(48(41)53-47(40)30-35)50(32-14-5-2-6-15-32)34-23-26-39-37-17-8-10-21-44(37)52-46(39)29-34/h1-30H. The van der Waals surface area contributed by atoms with Crippen LogP contribution in [0.2, 0.25) is 0 Å². The van der Waals surface area contributed by atoms with E-state index in [1.165, 1.54) is 20.2 Å². The molecule has 250 valence electrons. The molecule has 11 rings (SSSR count). The fourth-order valence-electron chi connectivity index (χ4n) is 7.82. The molecule has 0 spiro atoms. The zero-order valence-corrected chi connectivity index (χ0v) is 29.3. The number of nitrogens with zero attached hydrogens (tertiary/aromatic N) is 2. The summed E-state index contributed by atoms with van der Waals surface area (Å²) in [6.07, 6.45) is 0. The normalized spacial score (nSPS) is 11.8. The van der Waals surface area contributed by atoms with Gasteiger partial charge in [0.1, 0.15) is 22.3 Å². The Balaban J connectivity index is 1.08. The van der Waals surface area contributed by atoms with Gasteiger partial charge in [-0.1, -0.05) is 91.0 Å². The molecule has 0 aliphatic rings. The van der Waals surface area contributed by atoms with Crippen LogP contribution < -0.4 is 9.80 Å². The first-order valence-electron chi connectivity index (χ1n) is 17.8. The Labute approximate surface area is 308 Å². The molecule has 3 aromatic heterocycles. The highest BCUT2D eigenvalue weighted by molar-refractivity contribution is 7.26. The third-order valence-electron chi connectivity index (χ3n) is 10.2. The molecule has 0 fully saturated rings. The van der Waals surface area contributed by atoms with Crippen molar-refractivity contribution in [3.8, 4) is 0 Å². The van der Waals surface area contributed by atoms with Gasteiger partial charge in [0.15, 0.2) is 0 Å². The summed E-state index contributed by atoms with van der Waals surface area (Å²) in [4.78, 5) is 4.67. The third-order valence-corrected chi connectivity index (χ3v) is 11.4. The molecule has 0 radical (unpaired) electrons. The van der Waals surface area contributed by atoms with E-state index in [1.54, 1.807) is 0 Å². The number of anilines is 6. The predicted molar refractivity (Wildman–Crippen MR) is 223 cm³/mol. The number of para-hydroxylation sites is 4. The summed E-state index contributed by atoms with van der Waals surface area (Å²) in [5, 5.41) is 6.96. The maximum Gasteiger partial charge on any atom is 0.137 e. The lowest BCUT2D eigenvalue weighted by Crippen LogP contribution is -2.09. The number of benzene rings is 8. The summed E-state index contributed by atoms with van der Waals surface area (Å²) in [5.74, 6) is 0. The fraction of sp³-hybridized carbons (Fsp3) is 0. The summed E-state index contributed by atoms with van der Waals surface area (Å²) in [6, 6.07) is 64.2. The summed E-state index contributed by atoms with van der Waals surface area (Å²) in [7, 11) is 0. The van der Waals surface area contributed by atoms with Gasteiger partial charge in [-0.25, -0.2) is 0 Å². The molecule has 0 bridgehead atoms. The Bertz CT molecular complexity index is 3140. The highest BCUT2D eigenvalue weighted by Crippen LogP contribution is 2.47. The van der Waals surface area contributed by atoms with Crippen LogP contribution in [0.15, 0.2) is 191 Å². The second kappa shape index (κ2) is 11.9. The molecule has 3 heterocycles. The van der Waals surface area contributed by atoms with Gasteiger partial charge in [-0.2, -0.15) is 0 Å². The number of furan rings is 2. The number of hydrogen-bond donors (Lipinski definition) is 0. The molecule has 0 atom stereocenters. The van der Waals surface area contributed by atoms with Crippen LogP contribution >= 0.6 is 11.3 Å². The predicted octanol–water partition coefficient (Wildman–Crippen LogP) is 14.8. The molecular formula is C48H30N2O2S. The van der Waals surface area contributed by atoms with E-state index in [4.69, 9.17) is 8.83 Å². The second-order valence-corrected chi connectivity index (χ2v) is 14.4. The van der Waals surface area contributed by atoms with Crippen LogP contribution in [0.5, 0.6) is 0 Å². The summed E-state index contributed by atoms with van der Waals surface area (Å²) in [6.45, 7) is 0. The van der Waals surface area contributed by atoms with Gasteiger partial charge >= 0.3 is 0 Å². The minimum Gasteiger partial charge on any atom is -0.456 e. The van der Waals surface area contributed by atoms with Crippen LogP contribution in [0.1, 0.15) is 0 Å². The highest BCUT2D eigenvalue weighted by Gasteiger charge is 2.21. The van der Waals surface area contributed by atoms with Crippen LogP contribution in [0.3, 0.4) is 0 Å². The molecule has 0 aliphatic heterocycles. The van der Waals surface area contributed by atoms with Crippen molar-refractivity contribution in [3.63, 3.8) is 0 Å². The molecule has 8 aromatic carbocycles. The molecule has 4 nitrogen and oxygen atoms in total. The second-order valence-electron chi connectivity index (χ2n) is 13.3. The van der Waals surface area contributed by atoms with Gasteiger partial charge < -0.3 is 18.6 Å². The first-order chi connectivity index (χ1) is 26.3. The van der Waals surface area contributed by atoms with E-state index in [-0.39, 0.29) is 0 Å². The largest absolute Gasteiger partial charge is 0.456 e. The van der Waals surface area contributed by atoms with Crippen LogP contribution in [-0.2, 0) is 0 Å². The van der Waals surface area contributed by atoms with Gasteiger partial charge in [-0.15, -0.1) is 11.3 Å². The molecule has 0 amide bonds. The van der Waals surface area contributed by atoms with Crippen LogP contribution in [0.4, 0.5) is 34.1 Å². The van der Waals surface area contributed by atoms with Gasteiger partial charge in [-0.3, -0.25) is 0 Å². The lowest BCUT2D eigenvalue weighted by molar-refractivity contribution is 0.668. The lowest BCUT2D eigenvalue weighted by Gasteiger charge is -2.26. The van der Waals surface area contributed by atoms with E-state index >= 15 is 0 Å². The summed E-state index contributed by atoms with van der Waals surface area (Å²) >= 11 is 1.83. The highest BCUT2D eigenvalue weighted by atomic mass is 32.1. The van der Waals surface area contributed by atoms with Crippen molar-refractivity contribution < 1.29 is 8.83 Å². The quantitative estimate of drug-likeness (QED) is 0.173. The van der Waals surface area contributed by atoms with Gasteiger partial charge in [0.25, 0.3) is 0 Å². The average Bonchev–Trinajstić information content (AvgIpc) is 3.90. The lowest BCUT2D eigenvalue weighted by atomic mass is 10.1. The summed E-state index contributed by atoms with van der Waals surface area (Å²) < 4.78 is 15.1. The Kier molecular flexibility index (Phi) is 6.69. The molecule has 5 heteroatoms. The molecule has 11 aromatic rings. The van der Waals surface area contributed by atoms with Crippen molar-refractivity contribution in [3.05, 3.63) is 182 Å². The minimum atomic E-state index is 0.874. The molecule has 0 aliphatic carbocycles. The SMILES string of the molecule is c1ccc(N(c2ccc3c(c2)oc2ccccc23)c2ccc3c(c2)sc2c(N(c4ccccc4)c4ccc5c(c4)oc4ccccc45)cccc23)cc1. The number of hydrogen-bond acceptors (Lipinski definition) is 5. The monoisotopic (exact) mass is 698 g/mol. The smallest absolute Gasteiger partial charge is 0.137 e. The average molecular weight is 699 g/mol. The first kappa shape index (κ1) is 29.9. The van der Waals surface area contributed by atoms with Crippen molar-refractivity contribution >= 4 is 110 Å². The maximum atomic E-state index is 6.36. The Morgan fingerprint density at radius 3 is 1.42 bits per heavy atom. The minimum absolute atomic E-state index is 0.874. The van der Waals surface area contributed by atoms with Crippen molar-refractivity contribution in [1.82, 2.24) is 0 Å². The van der Waals surface area contributed by atoms with Gasteiger partial charge in [-0.05, 0) is 78.9 Å². The van der Waals surface area contributed by atoms with Crippen molar-refractivity contribution in [1.29, 1.82) is 0 Å². The zero-order chi connectivity index (χ0) is 34.9. The van der Waals surface area contributed by atoms with Crippen LogP contribution in [-0.4, -0.2) is 0 Å². The molecule has 0 saturated heterocycles. The van der Waals surface area contributed by atoms with Crippen LogP contribution in [0, 0.1) is 0 Å². The Morgan fingerprint density at radius 1 is 0.321 bits per heavy atom. The van der Waals surface area contributed by atoms with Crippen molar-refractivity contribution in [2.24, 2.45) is 0 Å². The van der Waals surface area contributed by atoms with E-state index in [0.29, 0.717) is 0 Å². The van der Waals surface area contributed by atoms with Crippen molar-refractivity contribution in [2.75, 3.05) is 9.80 Å². The van der Waals surface area contributed by atoms with E-state index in [1.807, 2.05) is 35.6 Å². The van der Waals surface area contributed by atoms with E-state index in [0.717, 1.165) is 78.0 Å².